The van der Waals surface area contributed by atoms with Crippen molar-refractivity contribution in [3.63, 3.8) is 0 Å². The molecule has 21 heavy (non-hydrogen) atoms. The van der Waals surface area contributed by atoms with Crippen LogP contribution >= 0.6 is 0 Å². The van der Waals surface area contributed by atoms with Gasteiger partial charge < -0.3 is 10.1 Å². The number of aromatic amines is 1. The minimum atomic E-state index is -1.18. The molecule has 1 aliphatic carbocycles. The van der Waals surface area contributed by atoms with Crippen LogP contribution in [0.5, 0.6) is 0 Å². The molecule has 2 amide bonds. The number of nitrogens with zero attached hydrogens (tertiary/aromatic N) is 2. The van der Waals surface area contributed by atoms with Gasteiger partial charge in [-0.1, -0.05) is 12.2 Å². The number of aromatic nitrogens is 2. The van der Waals surface area contributed by atoms with Gasteiger partial charge in [0.05, 0.1) is 18.2 Å². The minimum absolute atomic E-state index is 0.0414. The highest BCUT2D eigenvalue weighted by Gasteiger charge is 2.51. The van der Waals surface area contributed by atoms with Crippen molar-refractivity contribution < 1.29 is 19.5 Å². The van der Waals surface area contributed by atoms with Gasteiger partial charge in [0.15, 0.2) is 0 Å². The molecule has 2 heterocycles. The second-order valence-corrected chi connectivity index (χ2v) is 5.34. The third-order valence-corrected chi connectivity index (χ3v) is 4.11. The van der Waals surface area contributed by atoms with Crippen LogP contribution < -0.4 is 0 Å². The molecule has 1 aromatic heterocycles. The first kappa shape index (κ1) is 13.5. The summed E-state index contributed by atoms with van der Waals surface area (Å²) in [6.45, 7) is 0. The molecular formula is C14H15N3O4. The average molecular weight is 289 g/mol. The number of fused-ring (bicyclic) bond motifs is 1. The second-order valence-electron chi connectivity index (χ2n) is 5.34. The molecule has 1 fully saturated rings. The van der Waals surface area contributed by atoms with Gasteiger partial charge in [0.25, 0.3) is 0 Å². The summed E-state index contributed by atoms with van der Waals surface area (Å²) in [5.41, 5.74) is 0.580. The normalized spacial score (nSPS) is 26.0. The van der Waals surface area contributed by atoms with Gasteiger partial charge in [-0.3, -0.25) is 14.5 Å². The monoisotopic (exact) mass is 289 g/mol. The van der Waals surface area contributed by atoms with Crippen LogP contribution in [0.15, 0.2) is 24.7 Å². The van der Waals surface area contributed by atoms with E-state index >= 15 is 0 Å². The van der Waals surface area contributed by atoms with Crippen molar-refractivity contribution >= 4 is 17.8 Å². The van der Waals surface area contributed by atoms with Crippen LogP contribution in [0.4, 0.5) is 0 Å². The lowest BCUT2D eigenvalue weighted by Gasteiger charge is -2.22. The van der Waals surface area contributed by atoms with Crippen molar-refractivity contribution in [3.8, 4) is 0 Å². The van der Waals surface area contributed by atoms with E-state index in [4.69, 9.17) is 0 Å². The summed E-state index contributed by atoms with van der Waals surface area (Å²) in [5, 5.41) is 9.41. The van der Waals surface area contributed by atoms with E-state index < -0.39 is 23.8 Å². The summed E-state index contributed by atoms with van der Waals surface area (Å²) in [7, 11) is 0. The molecule has 1 unspecified atom stereocenters. The molecule has 3 atom stereocenters. The van der Waals surface area contributed by atoms with Gasteiger partial charge in [0, 0.05) is 18.3 Å². The maximum absolute atomic E-state index is 12.4. The molecule has 1 aromatic rings. The molecule has 0 radical (unpaired) electrons. The van der Waals surface area contributed by atoms with Gasteiger partial charge in [-0.2, -0.15) is 0 Å². The van der Waals surface area contributed by atoms with Crippen LogP contribution in [0.1, 0.15) is 18.5 Å². The SMILES string of the molecule is O=C(O)C(Cc1cnc[nH]1)N1C(=O)[C@H]2CC=CC[C@H]2C1=O. The first-order valence-corrected chi connectivity index (χ1v) is 6.81. The van der Waals surface area contributed by atoms with Gasteiger partial charge in [0.1, 0.15) is 6.04 Å². The molecule has 1 saturated heterocycles. The standard InChI is InChI=1S/C14H15N3O4/c18-12-9-3-1-2-4-10(9)13(19)17(12)11(14(20)21)5-8-6-15-7-16-8/h1-2,6-7,9-11H,3-5H2,(H,15,16)(H,20,21)/t9-,10+,11?. The number of rotatable bonds is 4. The predicted molar refractivity (Wildman–Crippen MR) is 70.9 cm³/mol. The highest BCUT2D eigenvalue weighted by atomic mass is 16.4. The fourth-order valence-electron chi connectivity index (χ4n) is 3.03. The Labute approximate surface area is 120 Å². The number of carboxylic acids is 1. The molecule has 1 aliphatic heterocycles. The smallest absolute Gasteiger partial charge is 0.327 e. The number of carbonyl (C=O) groups is 3. The third-order valence-electron chi connectivity index (χ3n) is 4.11. The van der Waals surface area contributed by atoms with E-state index in [9.17, 15) is 19.5 Å². The van der Waals surface area contributed by atoms with Crippen LogP contribution in [-0.4, -0.2) is 43.8 Å². The second kappa shape index (κ2) is 5.16. The summed E-state index contributed by atoms with van der Waals surface area (Å²) in [6.07, 6.45) is 7.73. The lowest BCUT2D eigenvalue weighted by atomic mass is 9.85. The Morgan fingerprint density at radius 1 is 1.33 bits per heavy atom. The number of hydrogen-bond acceptors (Lipinski definition) is 4. The van der Waals surface area contributed by atoms with E-state index in [0.29, 0.717) is 18.5 Å². The maximum Gasteiger partial charge on any atom is 0.327 e. The van der Waals surface area contributed by atoms with Gasteiger partial charge in [-0.05, 0) is 12.8 Å². The Morgan fingerprint density at radius 3 is 2.43 bits per heavy atom. The number of carboxylic acid groups (broad SMARTS) is 1. The fraction of sp³-hybridized carbons (Fsp3) is 0.429. The van der Waals surface area contributed by atoms with E-state index in [1.165, 1.54) is 12.5 Å². The first-order valence-electron chi connectivity index (χ1n) is 6.81. The molecule has 3 rings (SSSR count). The van der Waals surface area contributed by atoms with Crippen LogP contribution in [0.3, 0.4) is 0 Å². The molecule has 7 heteroatoms. The summed E-state index contributed by atoms with van der Waals surface area (Å²) >= 11 is 0. The van der Waals surface area contributed by atoms with Crippen molar-refractivity contribution in [1.82, 2.24) is 14.9 Å². The Morgan fingerprint density at radius 2 is 1.95 bits per heavy atom. The summed E-state index contributed by atoms with van der Waals surface area (Å²) in [4.78, 5) is 43.9. The largest absolute Gasteiger partial charge is 0.480 e. The van der Waals surface area contributed by atoms with Gasteiger partial charge in [-0.25, -0.2) is 9.78 Å². The zero-order chi connectivity index (χ0) is 15.0. The highest BCUT2D eigenvalue weighted by Crippen LogP contribution is 2.36. The lowest BCUT2D eigenvalue weighted by Crippen LogP contribution is -2.46. The Hall–Kier alpha value is -2.44. The van der Waals surface area contributed by atoms with Crippen molar-refractivity contribution in [2.24, 2.45) is 11.8 Å². The average Bonchev–Trinajstić information content (AvgIpc) is 3.06. The topological polar surface area (TPSA) is 103 Å². The van der Waals surface area contributed by atoms with Crippen molar-refractivity contribution in [3.05, 3.63) is 30.4 Å². The number of likely N-dealkylation sites (tertiary alicyclic amines) is 1. The number of imidazole rings is 1. The molecule has 110 valence electrons. The van der Waals surface area contributed by atoms with E-state index in [1.807, 2.05) is 12.2 Å². The molecule has 0 saturated carbocycles. The number of carbonyl (C=O) groups excluding carboxylic acids is 2. The zero-order valence-corrected chi connectivity index (χ0v) is 11.2. The van der Waals surface area contributed by atoms with Crippen LogP contribution in [-0.2, 0) is 20.8 Å². The summed E-state index contributed by atoms with van der Waals surface area (Å²) in [5.74, 6) is -2.75. The quantitative estimate of drug-likeness (QED) is 0.615. The molecule has 2 N–H and O–H groups in total. The number of imide groups is 1. The molecule has 0 spiro atoms. The van der Waals surface area contributed by atoms with E-state index in [0.717, 1.165) is 4.90 Å². The van der Waals surface area contributed by atoms with Gasteiger partial charge in [0.2, 0.25) is 11.8 Å². The van der Waals surface area contributed by atoms with Gasteiger partial charge in [-0.15, -0.1) is 0 Å². The number of H-pyrrole nitrogens is 1. The van der Waals surface area contributed by atoms with Crippen LogP contribution in [0.2, 0.25) is 0 Å². The Bertz CT molecular complexity index is 582. The first-order chi connectivity index (χ1) is 10.1. The van der Waals surface area contributed by atoms with Crippen molar-refractivity contribution in [1.29, 1.82) is 0 Å². The number of amides is 2. The summed E-state index contributed by atoms with van der Waals surface area (Å²) in [6, 6.07) is -1.18. The Kier molecular flexibility index (Phi) is 3.32. The number of allylic oxidation sites excluding steroid dienone is 2. The van der Waals surface area contributed by atoms with Crippen LogP contribution in [0, 0.1) is 11.8 Å². The third kappa shape index (κ3) is 2.24. The molecule has 0 aromatic carbocycles. The molecule has 7 nitrogen and oxygen atoms in total. The lowest BCUT2D eigenvalue weighted by molar-refractivity contribution is -0.155. The minimum Gasteiger partial charge on any atom is -0.480 e. The zero-order valence-electron chi connectivity index (χ0n) is 11.2. The van der Waals surface area contributed by atoms with E-state index in [-0.39, 0.29) is 18.2 Å². The fourth-order valence-corrected chi connectivity index (χ4v) is 3.03. The maximum atomic E-state index is 12.4. The van der Waals surface area contributed by atoms with Crippen LogP contribution in [0.25, 0.3) is 0 Å². The number of aliphatic carboxylic acids is 1. The Balaban J connectivity index is 1.87. The molecule has 2 aliphatic rings. The van der Waals surface area contributed by atoms with E-state index in [1.54, 1.807) is 0 Å². The van der Waals surface area contributed by atoms with Gasteiger partial charge >= 0.3 is 5.97 Å². The highest BCUT2D eigenvalue weighted by molar-refractivity contribution is 6.08. The van der Waals surface area contributed by atoms with Crippen molar-refractivity contribution in [2.45, 2.75) is 25.3 Å². The molecular weight excluding hydrogens is 274 g/mol. The summed E-state index contributed by atoms with van der Waals surface area (Å²) < 4.78 is 0. The number of hydrogen-bond donors (Lipinski definition) is 2. The number of nitrogens with one attached hydrogen (secondary N) is 1. The van der Waals surface area contributed by atoms with E-state index in [2.05, 4.69) is 9.97 Å². The van der Waals surface area contributed by atoms with Crippen molar-refractivity contribution in [2.75, 3.05) is 0 Å². The predicted octanol–water partition coefficient (Wildman–Crippen LogP) is 0.357. The molecule has 0 bridgehead atoms.